The van der Waals surface area contributed by atoms with Gasteiger partial charge in [0.15, 0.2) is 0 Å². The van der Waals surface area contributed by atoms with Crippen molar-refractivity contribution in [1.82, 2.24) is 19.1 Å². The maximum atomic E-state index is 12.6. The topological polar surface area (TPSA) is 97.2 Å². The van der Waals surface area contributed by atoms with Crippen LogP contribution in [0.25, 0.3) is 11.1 Å². The van der Waals surface area contributed by atoms with Gasteiger partial charge >= 0.3 is 0 Å². The smallest absolute Gasteiger partial charge is 0.225 e. The van der Waals surface area contributed by atoms with Crippen LogP contribution in [0.4, 0.5) is 5.82 Å². The number of hydrogen-bond acceptors (Lipinski definition) is 5. The van der Waals surface area contributed by atoms with Crippen molar-refractivity contribution in [3.63, 3.8) is 0 Å². The molecule has 1 fully saturated rings. The zero-order valence-corrected chi connectivity index (χ0v) is 19.6. The van der Waals surface area contributed by atoms with Crippen LogP contribution in [-0.4, -0.2) is 52.7 Å². The van der Waals surface area contributed by atoms with Gasteiger partial charge in [0.25, 0.3) is 0 Å². The molecule has 8 nitrogen and oxygen atoms in total. The Morgan fingerprint density at radius 3 is 2.84 bits per heavy atom. The van der Waals surface area contributed by atoms with Gasteiger partial charge in [-0.25, -0.2) is 17.7 Å². The van der Waals surface area contributed by atoms with Gasteiger partial charge in [-0.3, -0.25) is 9.48 Å². The normalized spacial score (nSPS) is 21.1. The first-order chi connectivity index (χ1) is 14.5. The highest BCUT2D eigenvalue weighted by Crippen LogP contribution is 2.39. The second-order valence-corrected chi connectivity index (χ2v) is 11.8. The van der Waals surface area contributed by atoms with E-state index in [-0.39, 0.29) is 23.7 Å². The molecule has 4 rings (SSSR count). The van der Waals surface area contributed by atoms with Crippen LogP contribution in [0.15, 0.2) is 18.5 Å². The zero-order chi connectivity index (χ0) is 22.4. The summed E-state index contributed by atoms with van der Waals surface area (Å²) < 4.78 is 27.1. The number of nitrogens with one attached hydrogen (secondary N) is 1. The summed E-state index contributed by atoms with van der Waals surface area (Å²) >= 11 is 6.44. The monoisotopic (exact) mass is 465 g/mol. The maximum absolute atomic E-state index is 12.6. The van der Waals surface area contributed by atoms with Crippen molar-refractivity contribution in [2.24, 2.45) is 11.3 Å². The highest BCUT2D eigenvalue weighted by atomic mass is 35.5. The highest BCUT2D eigenvalue weighted by molar-refractivity contribution is 7.88. The van der Waals surface area contributed by atoms with Crippen LogP contribution in [0.1, 0.15) is 38.8 Å². The van der Waals surface area contributed by atoms with Gasteiger partial charge in [0.2, 0.25) is 15.9 Å². The number of amides is 1. The van der Waals surface area contributed by atoms with Crippen molar-refractivity contribution in [2.75, 3.05) is 24.7 Å². The van der Waals surface area contributed by atoms with E-state index >= 15 is 0 Å². The summed E-state index contributed by atoms with van der Waals surface area (Å²) in [5, 5.41) is 7.86. The molecule has 2 aliphatic rings. The second-order valence-electron chi connectivity index (χ2n) is 9.43. The van der Waals surface area contributed by atoms with E-state index in [0.29, 0.717) is 23.9 Å². The molecule has 0 aliphatic carbocycles. The number of piperidine rings is 1. The number of pyridine rings is 1. The number of halogens is 1. The van der Waals surface area contributed by atoms with Gasteiger partial charge in [0.1, 0.15) is 5.82 Å². The summed E-state index contributed by atoms with van der Waals surface area (Å²) in [5.41, 5.74) is 3.05. The quantitative estimate of drug-likeness (QED) is 0.731. The van der Waals surface area contributed by atoms with E-state index in [9.17, 15) is 13.2 Å². The van der Waals surface area contributed by atoms with E-state index in [1.54, 1.807) is 12.3 Å². The van der Waals surface area contributed by atoms with Crippen LogP contribution in [0.5, 0.6) is 0 Å². The van der Waals surface area contributed by atoms with Crippen molar-refractivity contribution < 1.29 is 13.2 Å². The molecule has 1 atom stereocenters. The lowest BCUT2D eigenvalue weighted by Crippen LogP contribution is -2.40. The molecule has 0 aromatic carbocycles. The Labute approximate surface area is 188 Å². The van der Waals surface area contributed by atoms with E-state index in [1.807, 2.05) is 10.9 Å². The number of hydrogen-bond donors (Lipinski definition) is 1. The molecule has 31 heavy (non-hydrogen) atoms. The van der Waals surface area contributed by atoms with Gasteiger partial charge in [0, 0.05) is 49.1 Å². The van der Waals surface area contributed by atoms with Crippen molar-refractivity contribution >= 4 is 33.3 Å². The summed E-state index contributed by atoms with van der Waals surface area (Å²) in [7, 11) is -3.24. The van der Waals surface area contributed by atoms with Crippen molar-refractivity contribution in [1.29, 1.82) is 0 Å². The van der Waals surface area contributed by atoms with Gasteiger partial charge in [-0.15, -0.1) is 0 Å². The molecule has 1 saturated heterocycles. The Kier molecular flexibility index (Phi) is 5.87. The van der Waals surface area contributed by atoms with Crippen molar-refractivity contribution in [3.8, 4) is 11.1 Å². The van der Waals surface area contributed by atoms with Crippen molar-refractivity contribution in [3.05, 3.63) is 29.2 Å². The Morgan fingerprint density at radius 2 is 2.10 bits per heavy atom. The van der Waals surface area contributed by atoms with E-state index in [2.05, 4.69) is 29.2 Å². The Morgan fingerprint density at radius 1 is 1.32 bits per heavy atom. The molecular formula is C21H28ClN5O3S. The Bertz CT molecular complexity index is 1110. The fraction of sp³-hybridized carbons (Fsp3) is 0.571. The van der Waals surface area contributed by atoms with E-state index in [4.69, 9.17) is 11.6 Å². The molecular weight excluding hydrogens is 438 g/mol. The molecule has 0 saturated carbocycles. The molecule has 0 unspecified atom stereocenters. The van der Waals surface area contributed by atoms with Crippen LogP contribution in [0.2, 0.25) is 5.02 Å². The number of rotatable bonds is 5. The van der Waals surface area contributed by atoms with Crippen LogP contribution < -0.4 is 5.32 Å². The first-order valence-corrected chi connectivity index (χ1v) is 12.7. The molecule has 10 heteroatoms. The molecule has 0 spiro atoms. The van der Waals surface area contributed by atoms with Crippen LogP contribution >= 0.6 is 11.6 Å². The largest absolute Gasteiger partial charge is 0.311 e. The third kappa shape index (κ3) is 4.94. The first-order valence-electron chi connectivity index (χ1n) is 10.5. The Balaban J connectivity index is 1.47. The summed E-state index contributed by atoms with van der Waals surface area (Å²) in [4.78, 5) is 16.9. The molecule has 2 aromatic heterocycles. The fourth-order valence-electron chi connectivity index (χ4n) is 4.54. The van der Waals surface area contributed by atoms with E-state index in [1.165, 1.54) is 10.6 Å². The molecule has 168 valence electrons. The number of fused-ring (bicyclic) bond motifs is 1. The zero-order valence-electron chi connectivity index (χ0n) is 18.1. The molecule has 2 aliphatic heterocycles. The van der Waals surface area contributed by atoms with E-state index < -0.39 is 10.0 Å². The van der Waals surface area contributed by atoms with Crippen LogP contribution in [0.3, 0.4) is 0 Å². The molecule has 4 heterocycles. The van der Waals surface area contributed by atoms with Gasteiger partial charge < -0.3 is 5.32 Å². The first kappa shape index (κ1) is 22.2. The number of nitrogens with zero attached hydrogens (tertiary/aromatic N) is 4. The summed E-state index contributed by atoms with van der Waals surface area (Å²) in [6.07, 6.45) is 7.32. The number of carbonyl (C=O) groups excluding carboxylic acids is 1. The number of aromatic nitrogens is 3. The SMILES string of the molecule is CC1(C)Cc2c(-c3cc(NC(=O)C[C@H]4CCCN(S(C)(=O)=O)C4)ncc3Cl)cnn2C1. The Hall–Kier alpha value is -1.97. The third-order valence-electron chi connectivity index (χ3n) is 6.01. The molecule has 0 bridgehead atoms. The highest BCUT2D eigenvalue weighted by Gasteiger charge is 2.32. The van der Waals surface area contributed by atoms with Gasteiger partial charge in [0.05, 0.1) is 17.5 Å². The van der Waals surface area contributed by atoms with Gasteiger partial charge in [-0.1, -0.05) is 25.4 Å². The van der Waals surface area contributed by atoms with Crippen LogP contribution in [-0.2, 0) is 27.8 Å². The summed E-state index contributed by atoms with van der Waals surface area (Å²) in [5.74, 6) is 0.247. The van der Waals surface area contributed by atoms with Gasteiger partial charge in [-0.05, 0) is 36.7 Å². The van der Waals surface area contributed by atoms with Crippen molar-refractivity contribution in [2.45, 2.75) is 46.1 Å². The lowest BCUT2D eigenvalue weighted by atomic mass is 9.89. The number of anilines is 1. The fourth-order valence-corrected chi connectivity index (χ4v) is 5.68. The second kappa shape index (κ2) is 8.18. The average molecular weight is 466 g/mol. The summed E-state index contributed by atoms with van der Waals surface area (Å²) in [6, 6.07) is 1.78. The molecule has 1 amide bonds. The summed E-state index contributed by atoms with van der Waals surface area (Å²) in [6.45, 7) is 6.18. The lowest BCUT2D eigenvalue weighted by molar-refractivity contribution is -0.117. The molecule has 1 N–H and O–H groups in total. The number of carbonyl (C=O) groups is 1. The lowest BCUT2D eigenvalue weighted by Gasteiger charge is -2.30. The number of sulfonamides is 1. The van der Waals surface area contributed by atoms with Gasteiger partial charge in [-0.2, -0.15) is 5.10 Å². The average Bonchev–Trinajstić information content (AvgIpc) is 3.18. The molecule has 0 radical (unpaired) electrons. The predicted molar refractivity (Wildman–Crippen MR) is 120 cm³/mol. The standard InChI is InChI=1S/C21H28ClN5O3S/c1-21(2)9-18-16(10-24-27(18)13-21)15-8-19(23-11-17(15)22)25-20(28)7-14-5-4-6-26(12-14)31(3,29)30/h8,10-11,14H,4-7,9,12-13H2,1-3H3,(H,23,25,28)/t14-/m1/s1. The van der Waals surface area contributed by atoms with Crippen LogP contribution in [0, 0.1) is 11.3 Å². The predicted octanol–water partition coefficient (Wildman–Crippen LogP) is 3.18. The minimum atomic E-state index is -3.24. The third-order valence-corrected chi connectivity index (χ3v) is 7.58. The maximum Gasteiger partial charge on any atom is 0.225 e. The minimum Gasteiger partial charge on any atom is -0.311 e. The van der Waals surface area contributed by atoms with E-state index in [0.717, 1.165) is 42.6 Å². The molecule has 2 aromatic rings. The minimum absolute atomic E-state index is 0.00331.